The molecule has 2 aromatic rings. The van der Waals surface area contributed by atoms with Gasteiger partial charge in [0.2, 0.25) is 29.5 Å². The first-order valence-corrected chi connectivity index (χ1v) is 43.8. The van der Waals surface area contributed by atoms with E-state index in [0.717, 1.165) is 26.7 Å². The predicted molar refractivity (Wildman–Crippen MR) is 460 cm³/mol. The van der Waals surface area contributed by atoms with Gasteiger partial charge in [-0.1, -0.05) is 114 Å². The smallest absolute Gasteiger partial charge is 0.409 e. The van der Waals surface area contributed by atoms with Crippen molar-refractivity contribution in [2.24, 2.45) is 23.7 Å². The molecule has 0 spiro atoms. The summed E-state index contributed by atoms with van der Waals surface area (Å²) in [7, 11) is 12.3. The first-order valence-electron chi connectivity index (χ1n) is 41.3. The summed E-state index contributed by atoms with van der Waals surface area (Å²) < 4.78 is 41.9. The number of carbonyl (C=O) groups excluding carboxylic acids is 11. The minimum absolute atomic E-state index is 0.0687. The van der Waals surface area contributed by atoms with Gasteiger partial charge in [0.05, 0.1) is 67.5 Å². The molecule has 0 saturated carbocycles. The number of allylic oxidation sites excluding steroid dienone is 3. The number of hydrogen-bond donors (Lipinski definition) is 5. The van der Waals surface area contributed by atoms with E-state index in [0.29, 0.717) is 48.7 Å². The van der Waals surface area contributed by atoms with Crippen molar-refractivity contribution in [3.8, 4) is 5.75 Å². The lowest BCUT2D eigenvalue weighted by atomic mass is 9.83. The molecule has 3 saturated heterocycles. The van der Waals surface area contributed by atoms with Gasteiger partial charge in [0.25, 0.3) is 11.8 Å². The standard InChI is InChI=1S/C87H127ClN10O21S2/c1-20-54(5)76(66(114-17)46-73(104)96-39-27-33-63(96)77(116-19)56(7)79(105)89-62(81(107)108)43-58-29-22-21-23-30-58)95(15)80(106)75(52(2)3)90-83(110)85(9,10)93(13)38-26-32-61(100)50-98-71(102)36-41-121-51-120-40-35-70(101)97(98)49-60(99)31-25-37-92(12)57(8)82(109)118-69-47-72(103)94(14)64-44-59(45-65(113-16)74(64)88)42-53(4)28-24-34-68(115-18)87(112)48-67(117-84(111)91-87)55(6)78-86(69,11)119-78/h21-24,28-30,34-36,40-41,44-45,52,54-57,62-63,66-69,75-78,112H,20,25-27,31-33,37-39,42-43,46-51H2,1-19H3,(H,89,105)(H,90,110)(H,91,111)(H,107,108)/b34-24+,40-35?,41-36?,53-28+/t54?,55-,56-,57+,62+,63+,66?,67?,68-,69+,75+,76+,77-,78-,86+,87+/m1/s1. The highest BCUT2D eigenvalue weighted by molar-refractivity contribution is 8.18. The van der Waals surface area contributed by atoms with Crippen LogP contribution >= 0.6 is 35.1 Å². The molecule has 3 fully saturated rings. The molecule has 8 amide bonds. The fourth-order valence-corrected chi connectivity index (χ4v) is 17.7. The topological polar surface area (TPSA) is 372 Å². The molecule has 7 rings (SSSR count). The predicted octanol–water partition coefficient (Wildman–Crippen LogP) is 8.31. The molecule has 5 N–H and O–H groups in total. The molecule has 670 valence electrons. The quantitative estimate of drug-likeness (QED) is 0.0313. The van der Waals surface area contributed by atoms with E-state index in [1.165, 1.54) is 69.0 Å². The monoisotopic (exact) mass is 1750 g/mol. The Morgan fingerprint density at radius 3 is 2.07 bits per heavy atom. The second-order valence-corrected chi connectivity index (χ2v) is 35.9. The molecular formula is C87H127ClN10O21S2. The molecule has 0 radical (unpaired) electrons. The highest BCUT2D eigenvalue weighted by atomic mass is 35.5. The molecule has 31 nitrogen and oxygen atoms in total. The molecule has 5 heterocycles. The zero-order valence-corrected chi connectivity index (χ0v) is 75.8. The third kappa shape index (κ3) is 26.2. The van der Waals surface area contributed by atoms with Crippen LogP contribution in [0, 0.1) is 23.7 Å². The summed E-state index contributed by atoms with van der Waals surface area (Å²) in [6.45, 7) is 19.0. The first-order chi connectivity index (χ1) is 57.1. The number of aliphatic carboxylic acids is 1. The number of carboxylic acid groups (broad SMARTS) is 1. The van der Waals surface area contributed by atoms with E-state index in [-0.39, 0.29) is 74.9 Å². The first kappa shape index (κ1) is 99.8. The number of hydrogen-bond acceptors (Lipinski definition) is 24. The second-order valence-electron chi connectivity index (χ2n) is 33.4. The summed E-state index contributed by atoms with van der Waals surface area (Å²) in [5.41, 5.74) is -1.84. The van der Waals surface area contributed by atoms with Crippen LogP contribution in [0.4, 0.5) is 10.5 Å². The van der Waals surface area contributed by atoms with E-state index in [1.807, 2.05) is 46.8 Å². The maximum atomic E-state index is 15.0. The van der Waals surface area contributed by atoms with Crippen LogP contribution in [0.2, 0.25) is 5.02 Å². The van der Waals surface area contributed by atoms with E-state index < -0.39 is 186 Å². The van der Waals surface area contributed by atoms with Crippen LogP contribution in [-0.2, 0) is 94.0 Å². The maximum Gasteiger partial charge on any atom is 0.409 e. The van der Waals surface area contributed by atoms with Crippen LogP contribution in [0.15, 0.2) is 89.2 Å². The Kier molecular flexibility index (Phi) is 37.5. The van der Waals surface area contributed by atoms with Crippen LogP contribution < -0.4 is 25.6 Å². The second kappa shape index (κ2) is 45.4. The van der Waals surface area contributed by atoms with Crippen molar-refractivity contribution in [2.45, 2.75) is 237 Å². The number of alkyl carbamates (subject to hydrolysis) is 1. The molecule has 121 heavy (non-hydrogen) atoms. The van der Waals surface area contributed by atoms with Crippen molar-refractivity contribution in [1.82, 2.24) is 45.6 Å². The fraction of sp³-hybridized carbons (Fsp3) is 0.632. The van der Waals surface area contributed by atoms with Gasteiger partial charge in [-0.3, -0.25) is 63.1 Å². The van der Waals surface area contributed by atoms with Crippen LogP contribution in [0.5, 0.6) is 5.75 Å². The van der Waals surface area contributed by atoms with E-state index in [4.69, 9.17) is 44.8 Å². The molecule has 5 aliphatic heterocycles. The number of rotatable bonds is 37. The van der Waals surface area contributed by atoms with Crippen molar-refractivity contribution >= 4 is 112 Å². The molecule has 34 heteroatoms. The van der Waals surface area contributed by atoms with Crippen molar-refractivity contribution in [3.05, 3.63) is 105 Å². The number of ether oxygens (including phenoxy) is 7. The van der Waals surface area contributed by atoms with Gasteiger partial charge >= 0.3 is 18.0 Å². The van der Waals surface area contributed by atoms with Crippen LogP contribution in [0.3, 0.4) is 0 Å². The number of benzene rings is 2. The number of thioether (sulfide) groups is 2. The van der Waals surface area contributed by atoms with Crippen molar-refractivity contribution in [2.75, 3.05) is 99.3 Å². The van der Waals surface area contributed by atoms with E-state index in [2.05, 4.69) is 16.0 Å². The zero-order chi connectivity index (χ0) is 89.7. The molecule has 0 aliphatic carbocycles. The number of anilines is 1. The summed E-state index contributed by atoms with van der Waals surface area (Å²) >= 11 is 9.49. The number of esters is 1. The Hall–Kier alpha value is -8.25. The number of methoxy groups -OCH3 is 4. The minimum atomic E-state index is -1.92. The highest BCUT2D eigenvalue weighted by Crippen LogP contribution is 2.50. The van der Waals surface area contributed by atoms with E-state index in [1.54, 1.807) is 149 Å². The number of amides is 8. The Bertz CT molecular complexity index is 4120. The average molecular weight is 1750 g/mol. The summed E-state index contributed by atoms with van der Waals surface area (Å²) in [5.74, 6) is -8.34. The fourth-order valence-electron chi connectivity index (χ4n) is 16.0. The average Bonchev–Trinajstić information content (AvgIpc) is 1.57. The molecule has 16 atom stereocenters. The van der Waals surface area contributed by atoms with Gasteiger partial charge < -0.3 is 68.7 Å². The van der Waals surface area contributed by atoms with Crippen molar-refractivity contribution in [3.63, 3.8) is 0 Å². The van der Waals surface area contributed by atoms with E-state index >= 15 is 0 Å². The normalized spacial score (nSPS) is 24.6. The Morgan fingerprint density at radius 2 is 1.50 bits per heavy atom. The number of epoxide rings is 1. The number of Topliss-reactive ketones (excluding diaryl/α,β-unsaturated/α-hetero) is 2. The van der Waals surface area contributed by atoms with Crippen molar-refractivity contribution < 1.29 is 101 Å². The number of fused-ring (bicyclic) bond motifs is 5. The van der Waals surface area contributed by atoms with Crippen LogP contribution in [0.1, 0.15) is 151 Å². The zero-order valence-electron chi connectivity index (χ0n) is 73.4. The van der Waals surface area contributed by atoms with Crippen LogP contribution in [-0.4, -0.2) is 289 Å². The van der Waals surface area contributed by atoms with E-state index in [9.17, 15) is 67.7 Å². The Morgan fingerprint density at radius 1 is 0.868 bits per heavy atom. The number of likely N-dealkylation sites (tertiary alicyclic amines) is 1. The van der Waals surface area contributed by atoms with Gasteiger partial charge in [0.1, 0.15) is 65.9 Å². The number of nitrogens with one attached hydrogen (secondary N) is 3. The SMILES string of the molecule is CCC(C)[C@@H](C(CC(=O)N1CCC[C@H]1[C@H](OC)[C@@H](C)C(=O)N[C@@H](Cc1ccccc1)C(=O)O)OC)N(C)C(=O)[C@@H](NC(=O)C(C)(C)N(C)CCCC(=O)CN1C(=O)C=CSCSC=CC(=O)N1CC(=O)CCCN(C)[C@@H](C)C(=O)O[C@H]1CC(=O)N(C)c2cc(cc(OC)c2Cl)C/C(C)=C/C=C/[C@@H](OC)[C@@]2(O)CC(OC(=O)N2)[C@@H](C)[C@H]2O[C@@]12C)C(C)C. The lowest BCUT2D eigenvalue weighted by Crippen LogP contribution is -2.63. The molecule has 0 aromatic heterocycles. The summed E-state index contributed by atoms with van der Waals surface area (Å²) in [4.78, 5) is 177. The van der Waals surface area contributed by atoms with Gasteiger partial charge in [-0.05, 0) is 140 Å². The molecule has 3 unspecified atom stereocenters. The number of carboxylic acids is 1. The molecular weight excluding hydrogens is 1620 g/mol. The van der Waals surface area contributed by atoms with Crippen LogP contribution in [0.25, 0.3) is 0 Å². The number of nitrogens with zero attached hydrogens (tertiary/aromatic N) is 7. The molecule has 5 aliphatic rings. The largest absolute Gasteiger partial charge is 0.495 e. The van der Waals surface area contributed by atoms with Gasteiger partial charge in [0, 0.05) is 90.8 Å². The minimum Gasteiger partial charge on any atom is -0.495 e. The third-order valence-electron chi connectivity index (χ3n) is 24.2. The third-order valence-corrected chi connectivity index (χ3v) is 26.3. The lowest BCUT2D eigenvalue weighted by molar-refractivity contribution is -0.161. The number of carbonyl (C=O) groups is 12. The summed E-state index contributed by atoms with van der Waals surface area (Å²) in [6.07, 6.45) is 2.77. The van der Waals surface area contributed by atoms with Gasteiger partial charge in [-0.15, -0.1) is 23.5 Å². The highest BCUT2D eigenvalue weighted by Gasteiger charge is 2.65. The lowest BCUT2D eigenvalue weighted by Gasteiger charge is -2.42. The maximum absolute atomic E-state index is 15.0. The van der Waals surface area contributed by atoms with Gasteiger partial charge in [-0.2, -0.15) is 0 Å². The molecule has 4 bridgehead atoms. The number of aliphatic hydroxyl groups is 1. The Balaban J connectivity index is 0.965. The number of ketones is 2. The number of hydrazine groups is 1. The number of halogens is 1. The molecule has 2 aromatic carbocycles. The Labute approximate surface area is 725 Å². The summed E-state index contributed by atoms with van der Waals surface area (Å²) in [6, 6.07) is 8.08. The van der Waals surface area contributed by atoms with Gasteiger partial charge in [0.15, 0.2) is 17.3 Å². The number of likely N-dealkylation sites (N-methyl/N-ethyl adjacent to an activating group) is 3. The van der Waals surface area contributed by atoms with Crippen molar-refractivity contribution in [1.29, 1.82) is 0 Å². The summed E-state index contributed by atoms with van der Waals surface area (Å²) in [5, 5.41) is 35.9. The van der Waals surface area contributed by atoms with Gasteiger partial charge in [-0.25, -0.2) is 19.6 Å².